The number of nitrogens with one attached hydrogen (secondary N) is 1. The first-order valence-electron chi connectivity index (χ1n) is 10.0. The second kappa shape index (κ2) is 7.70. The fourth-order valence-corrected chi connectivity index (χ4v) is 3.94. The summed E-state index contributed by atoms with van der Waals surface area (Å²) < 4.78 is 34.1. The van der Waals surface area contributed by atoms with Gasteiger partial charge in [0.25, 0.3) is 6.43 Å². The molecule has 1 unspecified atom stereocenters. The number of likely N-dealkylation sites (N-methyl/N-ethyl adjacent to an activating group) is 1. The van der Waals surface area contributed by atoms with Gasteiger partial charge in [0.05, 0.1) is 12.6 Å². The quantitative estimate of drug-likeness (QED) is 0.488. The summed E-state index contributed by atoms with van der Waals surface area (Å²) in [5, 5.41) is 15.3. The summed E-state index contributed by atoms with van der Waals surface area (Å²) in [6.07, 6.45) is -0.123. The van der Waals surface area contributed by atoms with Gasteiger partial charge < -0.3 is 15.0 Å². The third kappa shape index (κ3) is 3.37. The largest absolute Gasteiger partial charge is 0.479 e. The molecule has 4 heterocycles. The summed E-state index contributed by atoms with van der Waals surface area (Å²) >= 11 is 0. The molecule has 12 heteroatoms. The Kier molecular flexibility index (Phi) is 4.83. The summed E-state index contributed by atoms with van der Waals surface area (Å²) in [5.41, 5.74) is 3.16. The number of nitrogens with zero attached hydrogens (tertiary/aromatic N) is 7. The van der Waals surface area contributed by atoms with Crippen LogP contribution in [0.2, 0.25) is 0 Å². The molecule has 5 rings (SSSR count). The van der Waals surface area contributed by atoms with Crippen LogP contribution in [0, 0.1) is 0 Å². The van der Waals surface area contributed by atoms with E-state index in [9.17, 15) is 13.6 Å². The molecule has 4 aromatic rings. The highest BCUT2D eigenvalue weighted by atomic mass is 19.3. The average molecular weight is 442 g/mol. The third-order valence-electron chi connectivity index (χ3n) is 5.54. The zero-order valence-electron chi connectivity index (χ0n) is 17.4. The van der Waals surface area contributed by atoms with Gasteiger partial charge in [-0.2, -0.15) is 4.98 Å². The van der Waals surface area contributed by atoms with Gasteiger partial charge in [-0.1, -0.05) is 11.3 Å². The fourth-order valence-electron chi connectivity index (χ4n) is 3.94. The summed E-state index contributed by atoms with van der Waals surface area (Å²) in [7, 11) is 3.26. The van der Waals surface area contributed by atoms with Crippen molar-refractivity contribution in [2.45, 2.75) is 25.4 Å². The summed E-state index contributed by atoms with van der Waals surface area (Å²) in [6, 6.07) is 6.77. The van der Waals surface area contributed by atoms with Crippen molar-refractivity contribution in [2.24, 2.45) is 0 Å². The lowest BCUT2D eigenvalue weighted by Gasteiger charge is -2.13. The van der Waals surface area contributed by atoms with E-state index in [4.69, 9.17) is 4.74 Å². The van der Waals surface area contributed by atoms with Gasteiger partial charge in [0.1, 0.15) is 23.6 Å². The van der Waals surface area contributed by atoms with Gasteiger partial charge in [-0.3, -0.25) is 4.79 Å². The number of amides is 1. The van der Waals surface area contributed by atoms with Crippen molar-refractivity contribution in [1.29, 1.82) is 0 Å². The standard InChI is InChI=1S/C20H20F2N8O2/c1-28-7-6-14(19(28)31)23-20-24-18(32-2)17-12(5-8-29(17)26-20)11-3-4-13-15(9-11)30(27-25-13)10-16(21)22/h3-5,8-9,14,16H,6-7,10H2,1-2H3,(H,23,26). The fraction of sp³-hybridized carbons (Fsp3) is 0.350. The Balaban J connectivity index is 1.55. The summed E-state index contributed by atoms with van der Waals surface area (Å²) in [5.74, 6) is 0.587. The van der Waals surface area contributed by atoms with Gasteiger partial charge in [-0.05, 0) is 30.2 Å². The lowest BCUT2D eigenvalue weighted by atomic mass is 10.1. The first kappa shape index (κ1) is 20.1. The van der Waals surface area contributed by atoms with Gasteiger partial charge >= 0.3 is 0 Å². The number of aromatic nitrogens is 6. The van der Waals surface area contributed by atoms with Crippen LogP contribution in [0.5, 0.6) is 5.88 Å². The molecule has 32 heavy (non-hydrogen) atoms. The molecule has 0 spiro atoms. The Labute approximate surface area is 180 Å². The molecule has 1 saturated heterocycles. The molecule has 1 fully saturated rings. The molecule has 0 bridgehead atoms. The van der Waals surface area contributed by atoms with Gasteiger partial charge in [0.15, 0.2) is 0 Å². The molecule has 1 N–H and O–H groups in total. The maximum absolute atomic E-state index is 12.9. The van der Waals surface area contributed by atoms with Crippen molar-refractivity contribution in [3.63, 3.8) is 0 Å². The molecule has 3 aromatic heterocycles. The number of benzene rings is 1. The van der Waals surface area contributed by atoms with Crippen LogP contribution >= 0.6 is 0 Å². The molecule has 1 aromatic carbocycles. The van der Waals surface area contributed by atoms with E-state index in [0.29, 0.717) is 35.4 Å². The monoisotopic (exact) mass is 442 g/mol. The zero-order chi connectivity index (χ0) is 22.4. The van der Waals surface area contributed by atoms with Gasteiger partial charge in [0.2, 0.25) is 17.7 Å². The first-order chi connectivity index (χ1) is 15.4. The van der Waals surface area contributed by atoms with Crippen LogP contribution in [-0.2, 0) is 11.3 Å². The number of anilines is 1. The van der Waals surface area contributed by atoms with Crippen LogP contribution in [0.3, 0.4) is 0 Å². The second-order valence-electron chi connectivity index (χ2n) is 7.58. The number of hydrogen-bond acceptors (Lipinski definition) is 7. The molecule has 0 aliphatic carbocycles. The van der Waals surface area contributed by atoms with Crippen molar-refractivity contribution in [3.05, 3.63) is 30.5 Å². The average Bonchev–Trinajstić information content (AvgIpc) is 3.46. The van der Waals surface area contributed by atoms with E-state index in [1.807, 2.05) is 12.1 Å². The van der Waals surface area contributed by atoms with Crippen LogP contribution in [0.25, 0.3) is 27.7 Å². The smallest absolute Gasteiger partial charge is 0.258 e. The highest BCUT2D eigenvalue weighted by Crippen LogP contribution is 2.33. The van der Waals surface area contributed by atoms with Gasteiger partial charge in [-0.15, -0.1) is 10.2 Å². The van der Waals surface area contributed by atoms with Crippen molar-refractivity contribution >= 4 is 28.4 Å². The van der Waals surface area contributed by atoms with Gasteiger partial charge in [0, 0.05) is 25.4 Å². The maximum Gasteiger partial charge on any atom is 0.258 e. The maximum atomic E-state index is 12.9. The topological polar surface area (TPSA) is 102 Å². The number of carbonyl (C=O) groups is 1. The minimum absolute atomic E-state index is 0.0109. The predicted octanol–water partition coefficient (Wildman–Crippen LogP) is 2.06. The number of halogens is 2. The molecule has 166 valence electrons. The third-order valence-corrected chi connectivity index (χ3v) is 5.54. The van der Waals surface area contributed by atoms with Crippen molar-refractivity contribution in [3.8, 4) is 17.0 Å². The molecule has 10 nitrogen and oxygen atoms in total. The Morgan fingerprint density at radius 1 is 1.31 bits per heavy atom. The van der Waals surface area contributed by atoms with Crippen molar-refractivity contribution in [1.82, 2.24) is 34.5 Å². The van der Waals surface area contributed by atoms with E-state index in [1.165, 1.54) is 11.8 Å². The van der Waals surface area contributed by atoms with E-state index in [1.54, 1.807) is 34.8 Å². The lowest BCUT2D eigenvalue weighted by Crippen LogP contribution is -2.31. The lowest BCUT2D eigenvalue weighted by molar-refractivity contribution is -0.127. The molecule has 0 saturated carbocycles. The van der Waals surface area contributed by atoms with E-state index in [-0.39, 0.29) is 17.9 Å². The number of hydrogen-bond donors (Lipinski definition) is 1. The van der Waals surface area contributed by atoms with Crippen LogP contribution < -0.4 is 10.1 Å². The van der Waals surface area contributed by atoms with E-state index < -0.39 is 13.0 Å². The number of likely N-dealkylation sites (tertiary alicyclic amines) is 1. The summed E-state index contributed by atoms with van der Waals surface area (Å²) in [4.78, 5) is 18.3. The van der Waals surface area contributed by atoms with Crippen LogP contribution in [0.4, 0.5) is 14.7 Å². The number of rotatable bonds is 6. The number of carbonyl (C=O) groups excluding carboxylic acids is 1. The van der Waals surface area contributed by atoms with Gasteiger partial charge in [-0.25, -0.2) is 18.0 Å². The zero-order valence-corrected chi connectivity index (χ0v) is 17.4. The Hall–Kier alpha value is -3.83. The first-order valence-corrected chi connectivity index (χ1v) is 10.0. The number of ether oxygens (including phenoxy) is 1. The van der Waals surface area contributed by atoms with Crippen LogP contribution in [-0.4, -0.2) is 73.6 Å². The molecular weight excluding hydrogens is 422 g/mol. The van der Waals surface area contributed by atoms with Crippen molar-refractivity contribution in [2.75, 3.05) is 26.0 Å². The van der Waals surface area contributed by atoms with E-state index in [0.717, 1.165) is 11.1 Å². The molecule has 1 amide bonds. The van der Waals surface area contributed by atoms with Crippen molar-refractivity contribution < 1.29 is 18.3 Å². The van der Waals surface area contributed by atoms with Crippen LogP contribution in [0.1, 0.15) is 6.42 Å². The predicted molar refractivity (Wildman–Crippen MR) is 112 cm³/mol. The van der Waals surface area contributed by atoms with Crippen LogP contribution in [0.15, 0.2) is 30.5 Å². The highest BCUT2D eigenvalue weighted by Gasteiger charge is 2.30. The Bertz CT molecular complexity index is 1320. The minimum atomic E-state index is -2.54. The molecule has 1 aliphatic heterocycles. The molecular formula is C20H20F2N8O2. The number of methoxy groups -OCH3 is 1. The number of fused-ring (bicyclic) bond motifs is 2. The Morgan fingerprint density at radius 2 is 2.16 bits per heavy atom. The molecule has 1 atom stereocenters. The molecule has 0 radical (unpaired) electrons. The number of alkyl halides is 2. The van der Waals surface area contributed by atoms with E-state index in [2.05, 4.69) is 25.7 Å². The Morgan fingerprint density at radius 3 is 2.88 bits per heavy atom. The minimum Gasteiger partial charge on any atom is -0.479 e. The molecule has 1 aliphatic rings. The SMILES string of the molecule is COc1nc(NC2CCN(C)C2=O)nn2ccc(-c3ccc4nnn(CC(F)F)c4c3)c12. The summed E-state index contributed by atoms with van der Waals surface area (Å²) in [6.45, 7) is 0.135. The van der Waals surface area contributed by atoms with E-state index >= 15 is 0 Å². The second-order valence-corrected chi connectivity index (χ2v) is 7.58. The highest BCUT2D eigenvalue weighted by molar-refractivity contribution is 5.90. The normalized spacial score (nSPS) is 16.6.